The maximum Gasteiger partial charge on any atom is 0.188 e. The van der Waals surface area contributed by atoms with Crippen molar-refractivity contribution in [2.45, 2.75) is 32.2 Å². The summed E-state index contributed by atoms with van der Waals surface area (Å²) < 4.78 is 0. The Morgan fingerprint density at radius 3 is 2.50 bits per heavy atom. The van der Waals surface area contributed by atoms with Crippen molar-refractivity contribution in [3.8, 4) is 0 Å². The molecule has 2 rings (SSSR count). The van der Waals surface area contributed by atoms with Gasteiger partial charge in [0.1, 0.15) is 0 Å². The van der Waals surface area contributed by atoms with Crippen LogP contribution in [0.4, 0.5) is 0 Å². The second-order valence-electron chi connectivity index (χ2n) is 6.09. The second-order valence-corrected chi connectivity index (χ2v) is 6.09. The maximum absolute atomic E-state index is 5.91. The lowest BCUT2D eigenvalue weighted by Crippen LogP contribution is -2.49. The lowest BCUT2D eigenvalue weighted by atomic mass is 9.85. The molecule has 0 aromatic heterocycles. The first-order valence-electron chi connectivity index (χ1n) is 7.61. The number of hydrogen-bond acceptors (Lipinski definition) is 3. The first-order valence-corrected chi connectivity index (χ1v) is 7.61. The zero-order valence-corrected chi connectivity index (χ0v) is 15.2. The molecule has 118 valence electrons. The summed E-state index contributed by atoms with van der Waals surface area (Å²) in [5.74, 6) is 1.44. The van der Waals surface area contributed by atoms with E-state index < -0.39 is 0 Å². The number of piperazine rings is 1. The van der Waals surface area contributed by atoms with E-state index in [1.165, 1.54) is 19.3 Å². The molecule has 0 radical (unpaired) electrons. The molecular formula is C14H30IN5. The van der Waals surface area contributed by atoms with Crippen molar-refractivity contribution in [2.75, 3.05) is 46.3 Å². The first-order chi connectivity index (χ1) is 9.15. The average Bonchev–Trinajstić information content (AvgIpc) is 2.35. The van der Waals surface area contributed by atoms with Crippen molar-refractivity contribution in [2.24, 2.45) is 16.6 Å². The van der Waals surface area contributed by atoms with Crippen LogP contribution in [0.1, 0.15) is 26.2 Å². The summed E-state index contributed by atoms with van der Waals surface area (Å²) in [6.07, 6.45) is 4.07. The highest BCUT2D eigenvalue weighted by molar-refractivity contribution is 14.0. The predicted molar refractivity (Wildman–Crippen MR) is 95.8 cm³/mol. The monoisotopic (exact) mass is 395 g/mol. The van der Waals surface area contributed by atoms with E-state index in [-0.39, 0.29) is 24.0 Å². The molecule has 3 N–H and O–H groups in total. The molecular weight excluding hydrogens is 365 g/mol. The third kappa shape index (κ3) is 5.73. The normalized spacial score (nSPS) is 23.8. The summed E-state index contributed by atoms with van der Waals surface area (Å²) in [5.41, 5.74) is 5.91. The van der Waals surface area contributed by atoms with Crippen LogP contribution < -0.4 is 11.1 Å². The summed E-state index contributed by atoms with van der Waals surface area (Å²) in [4.78, 5) is 9.36. The summed E-state index contributed by atoms with van der Waals surface area (Å²) in [5, 5.41) is 3.25. The Balaban J connectivity index is 0.00000200. The van der Waals surface area contributed by atoms with Gasteiger partial charge in [-0.15, -0.1) is 24.0 Å². The zero-order chi connectivity index (χ0) is 13.7. The molecule has 0 aromatic carbocycles. The van der Waals surface area contributed by atoms with Crippen molar-refractivity contribution < 1.29 is 0 Å². The van der Waals surface area contributed by atoms with E-state index in [4.69, 9.17) is 5.73 Å². The number of nitrogens with zero attached hydrogens (tertiary/aromatic N) is 3. The van der Waals surface area contributed by atoms with E-state index in [2.05, 4.69) is 34.1 Å². The molecule has 1 saturated carbocycles. The number of hydrogen-bond donors (Lipinski definition) is 2. The van der Waals surface area contributed by atoms with Crippen molar-refractivity contribution >= 4 is 29.9 Å². The van der Waals surface area contributed by atoms with Crippen molar-refractivity contribution in [1.29, 1.82) is 0 Å². The molecule has 2 aliphatic rings. The molecule has 1 saturated heterocycles. The molecule has 0 bridgehead atoms. The minimum Gasteiger partial charge on any atom is -0.370 e. The van der Waals surface area contributed by atoms with Crippen LogP contribution in [-0.2, 0) is 0 Å². The summed E-state index contributed by atoms with van der Waals surface area (Å²) in [7, 11) is 2.18. The van der Waals surface area contributed by atoms with Gasteiger partial charge >= 0.3 is 0 Å². The fraction of sp³-hybridized carbons (Fsp3) is 0.929. The Labute approximate surface area is 140 Å². The standard InChI is InChI=1S/C14H29N5.HI/c1-12(19-8-6-18(2)7-9-19)10-16-14(15)17-11-13-4-3-5-13;/h12-13H,3-11H2,1-2H3,(H3,15,16,17);1H. The zero-order valence-electron chi connectivity index (χ0n) is 12.8. The molecule has 0 spiro atoms. The van der Waals surface area contributed by atoms with Crippen LogP contribution in [0.25, 0.3) is 0 Å². The van der Waals surface area contributed by atoms with Gasteiger partial charge in [-0.05, 0) is 32.7 Å². The van der Waals surface area contributed by atoms with Gasteiger partial charge in [0, 0.05) is 38.8 Å². The minimum atomic E-state index is 0. The summed E-state index contributed by atoms with van der Waals surface area (Å²) in [6.45, 7) is 8.64. The third-order valence-electron chi connectivity index (χ3n) is 4.48. The van der Waals surface area contributed by atoms with Gasteiger partial charge in [-0.1, -0.05) is 6.42 Å². The van der Waals surface area contributed by atoms with E-state index in [1.807, 2.05) is 0 Å². The highest BCUT2D eigenvalue weighted by atomic mass is 127. The number of halogens is 1. The Kier molecular flexibility index (Phi) is 8.13. The fourth-order valence-corrected chi connectivity index (χ4v) is 2.61. The van der Waals surface area contributed by atoms with Gasteiger partial charge in [-0.3, -0.25) is 9.89 Å². The Morgan fingerprint density at radius 1 is 1.30 bits per heavy atom. The lowest BCUT2D eigenvalue weighted by molar-refractivity contribution is 0.122. The van der Waals surface area contributed by atoms with Crippen LogP contribution in [-0.4, -0.2) is 68.1 Å². The predicted octanol–water partition coefficient (Wildman–Crippen LogP) is 0.945. The van der Waals surface area contributed by atoms with Gasteiger partial charge in [0.25, 0.3) is 0 Å². The van der Waals surface area contributed by atoms with Crippen LogP contribution >= 0.6 is 24.0 Å². The smallest absolute Gasteiger partial charge is 0.188 e. The SMILES string of the molecule is CC(CN=C(N)NCC1CCC1)N1CCN(C)CC1.I. The van der Waals surface area contributed by atoms with Crippen LogP contribution in [0.3, 0.4) is 0 Å². The molecule has 1 atom stereocenters. The molecule has 6 heteroatoms. The number of guanidine groups is 1. The number of aliphatic imine (C=N–C) groups is 1. The van der Waals surface area contributed by atoms with Crippen molar-refractivity contribution in [3.05, 3.63) is 0 Å². The quantitative estimate of drug-likeness (QED) is 0.414. The minimum absolute atomic E-state index is 0. The van der Waals surface area contributed by atoms with E-state index in [1.54, 1.807) is 0 Å². The summed E-state index contributed by atoms with van der Waals surface area (Å²) >= 11 is 0. The van der Waals surface area contributed by atoms with E-state index in [0.29, 0.717) is 12.0 Å². The molecule has 1 heterocycles. The highest BCUT2D eigenvalue weighted by Crippen LogP contribution is 2.24. The second kappa shape index (κ2) is 9.04. The molecule has 5 nitrogen and oxygen atoms in total. The van der Waals surface area contributed by atoms with E-state index >= 15 is 0 Å². The van der Waals surface area contributed by atoms with Crippen molar-refractivity contribution in [1.82, 2.24) is 15.1 Å². The molecule has 1 unspecified atom stereocenters. The molecule has 0 aromatic rings. The molecule has 1 aliphatic heterocycles. The largest absolute Gasteiger partial charge is 0.370 e. The van der Waals surface area contributed by atoms with Gasteiger partial charge in [0.2, 0.25) is 0 Å². The van der Waals surface area contributed by atoms with Gasteiger partial charge in [0.05, 0.1) is 6.54 Å². The molecule has 20 heavy (non-hydrogen) atoms. The molecule has 0 amide bonds. The average molecular weight is 395 g/mol. The Morgan fingerprint density at radius 2 is 1.95 bits per heavy atom. The Hall–Kier alpha value is -0.0800. The first kappa shape index (κ1) is 18.0. The van der Waals surface area contributed by atoms with Crippen LogP contribution in [0, 0.1) is 5.92 Å². The number of nitrogens with one attached hydrogen (secondary N) is 1. The van der Waals surface area contributed by atoms with E-state index in [9.17, 15) is 0 Å². The summed E-state index contributed by atoms with van der Waals surface area (Å²) in [6, 6.07) is 0.484. The lowest BCUT2D eigenvalue weighted by Gasteiger charge is -2.35. The molecule has 2 fully saturated rings. The van der Waals surface area contributed by atoms with Crippen LogP contribution in [0.15, 0.2) is 4.99 Å². The van der Waals surface area contributed by atoms with Gasteiger partial charge in [0.15, 0.2) is 5.96 Å². The Bertz CT molecular complexity index is 298. The van der Waals surface area contributed by atoms with Crippen molar-refractivity contribution in [3.63, 3.8) is 0 Å². The molecule has 1 aliphatic carbocycles. The maximum atomic E-state index is 5.91. The number of likely N-dealkylation sites (N-methyl/N-ethyl adjacent to an activating group) is 1. The topological polar surface area (TPSA) is 56.9 Å². The highest BCUT2D eigenvalue weighted by Gasteiger charge is 2.19. The van der Waals surface area contributed by atoms with Gasteiger partial charge in [-0.25, -0.2) is 0 Å². The van der Waals surface area contributed by atoms with Crippen LogP contribution in [0.2, 0.25) is 0 Å². The third-order valence-corrected chi connectivity index (χ3v) is 4.48. The van der Waals surface area contributed by atoms with Gasteiger partial charge in [-0.2, -0.15) is 0 Å². The fourth-order valence-electron chi connectivity index (χ4n) is 2.61. The van der Waals surface area contributed by atoms with Crippen LogP contribution in [0.5, 0.6) is 0 Å². The number of nitrogens with two attached hydrogens (primary N) is 1. The number of rotatable bonds is 5. The van der Waals surface area contributed by atoms with E-state index in [0.717, 1.165) is 45.2 Å². The van der Waals surface area contributed by atoms with Gasteiger partial charge < -0.3 is 16.0 Å².